The highest BCUT2D eigenvalue weighted by Crippen LogP contribution is 2.13. The van der Waals surface area contributed by atoms with Crippen molar-refractivity contribution in [2.45, 2.75) is 18.6 Å². The molecule has 0 radical (unpaired) electrons. The number of carbonyl (C=O) groups excluding carboxylic acids is 1. The molecule has 0 bridgehead atoms. The van der Waals surface area contributed by atoms with Crippen molar-refractivity contribution in [1.82, 2.24) is 24.3 Å². The van der Waals surface area contributed by atoms with Crippen LogP contribution in [0.3, 0.4) is 0 Å². The van der Waals surface area contributed by atoms with E-state index in [4.69, 9.17) is 0 Å². The van der Waals surface area contributed by atoms with Crippen molar-refractivity contribution in [3.8, 4) is 0 Å². The number of rotatable bonds is 8. The fraction of sp³-hybridized carbons (Fsp3) is 0.667. The summed E-state index contributed by atoms with van der Waals surface area (Å²) in [6.07, 6.45) is 2.04. The molecule has 2 saturated heterocycles. The average Bonchev–Trinajstić information content (AvgIpc) is 2.75. The quantitative estimate of drug-likeness (QED) is 0.611. The summed E-state index contributed by atoms with van der Waals surface area (Å²) in [7, 11) is -1.20. The van der Waals surface area contributed by atoms with Gasteiger partial charge in [0, 0.05) is 58.9 Å². The molecule has 1 aromatic rings. The van der Waals surface area contributed by atoms with Gasteiger partial charge in [-0.1, -0.05) is 30.3 Å². The zero-order chi connectivity index (χ0) is 21.4. The number of nitrogens with zero attached hydrogens (tertiary/aromatic N) is 4. The Labute approximate surface area is 180 Å². The van der Waals surface area contributed by atoms with Crippen molar-refractivity contribution >= 4 is 16.1 Å². The molecule has 2 aliphatic heterocycles. The van der Waals surface area contributed by atoms with Crippen LogP contribution in [0.4, 0.5) is 4.79 Å². The predicted octanol–water partition coefficient (Wildman–Crippen LogP) is 0.871. The van der Waals surface area contributed by atoms with Crippen molar-refractivity contribution < 1.29 is 13.2 Å². The van der Waals surface area contributed by atoms with Crippen LogP contribution in [0.2, 0.25) is 0 Å². The Kier molecular flexibility index (Phi) is 8.50. The predicted molar refractivity (Wildman–Crippen MR) is 119 cm³/mol. The van der Waals surface area contributed by atoms with Gasteiger partial charge in [0.1, 0.15) is 0 Å². The number of sulfonamides is 1. The molecule has 0 unspecified atom stereocenters. The summed E-state index contributed by atoms with van der Waals surface area (Å²) in [5, 5.41) is 2.98. The minimum atomic E-state index is -3.36. The number of nitrogens with one attached hydrogen (secondary N) is 1. The third kappa shape index (κ3) is 6.94. The zero-order valence-electron chi connectivity index (χ0n) is 18.0. The molecule has 168 valence electrons. The molecule has 0 saturated carbocycles. The fourth-order valence-corrected chi connectivity index (χ4v) is 5.40. The first-order valence-corrected chi connectivity index (χ1v) is 12.5. The third-order valence-corrected chi connectivity index (χ3v) is 7.73. The first-order chi connectivity index (χ1) is 14.4. The minimum Gasteiger partial charge on any atom is -0.338 e. The standard InChI is InChI=1S/C21H35N5O3S/c1-23-11-13-24(14-12-23)10-6-5-9-22-21(27)25-15-17-26(18-16-25)30(28,29)19-20-7-3-2-4-8-20/h2-4,7-8H,5-6,9-19H2,1H3,(H,22,27). The molecule has 2 fully saturated rings. The summed E-state index contributed by atoms with van der Waals surface area (Å²) in [5.74, 6) is 0.00728. The Morgan fingerprint density at radius 1 is 0.933 bits per heavy atom. The number of unbranched alkanes of at least 4 members (excludes halogenated alkanes) is 1. The first-order valence-electron chi connectivity index (χ1n) is 10.9. The van der Waals surface area contributed by atoms with Gasteiger partial charge in [0.05, 0.1) is 5.75 Å². The van der Waals surface area contributed by atoms with E-state index in [1.807, 2.05) is 30.3 Å². The maximum atomic E-state index is 12.6. The number of likely N-dealkylation sites (N-methyl/N-ethyl adjacent to an activating group) is 1. The molecule has 30 heavy (non-hydrogen) atoms. The van der Waals surface area contributed by atoms with Crippen molar-refractivity contribution in [3.05, 3.63) is 35.9 Å². The molecule has 1 aromatic carbocycles. The van der Waals surface area contributed by atoms with Crippen LogP contribution in [0.1, 0.15) is 18.4 Å². The maximum Gasteiger partial charge on any atom is 0.317 e. The van der Waals surface area contributed by atoms with Gasteiger partial charge in [0.25, 0.3) is 0 Å². The lowest BCUT2D eigenvalue weighted by molar-refractivity contribution is 0.151. The van der Waals surface area contributed by atoms with Gasteiger partial charge in [-0.2, -0.15) is 4.31 Å². The summed E-state index contributed by atoms with van der Waals surface area (Å²) >= 11 is 0. The number of piperazine rings is 2. The van der Waals surface area contributed by atoms with Gasteiger partial charge in [-0.25, -0.2) is 13.2 Å². The van der Waals surface area contributed by atoms with Crippen LogP contribution >= 0.6 is 0 Å². The van der Waals surface area contributed by atoms with Crippen molar-refractivity contribution in [2.75, 3.05) is 72.5 Å². The normalized spacial score (nSPS) is 19.7. The SMILES string of the molecule is CN1CCN(CCCCNC(=O)N2CCN(S(=O)(=O)Cc3ccccc3)CC2)CC1. The molecule has 2 aliphatic rings. The summed E-state index contributed by atoms with van der Waals surface area (Å²) < 4.78 is 26.7. The van der Waals surface area contributed by atoms with E-state index in [0.717, 1.165) is 51.1 Å². The summed E-state index contributed by atoms with van der Waals surface area (Å²) in [6, 6.07) is 9.13. The average molecular weight is 438 g/mol. The molecule has 0 spiro atoms. The minimum absolute atomic E-state index is 0.00728. The van der Waals surface area contributed by atoms with E-state index in [0.29, 0.717) is 32.7 Å². The summed E-state index contributed by atoms with van der Waals surface area (Å²) in [5.41, 5.74) is 0.786. The van der Waals surface area contributed by atoms with E-state index in [-0.39, 0.29) is 11.8 Å². The summed E-state index contributed by atoms with van der Waals surface area (Å²) in [6.45, 7) is 7.83. The van der Waals surface area contributed by atoms with E-state index in [1.54, 1.807) is 4.90 Å². The molecule has 0 atom stereocenters. The molecule has 2 amide bonds. The van der Waals surface area contributed by atoms with Crippen LogP contribution in [-0.4, -0.2) is 106 Å². The molecule has 1 N–H and O–H groups in total. The fourth-order valence-electron chi connectivity index (χ4n) is 3.88. The molecular weight excluding hydrogens is 402 g/mol. The van der Waals surface area contributed by atoms with Crippen LogP contribution in [-0.2, 0) is 15.8 Å². The van der Waals surface area contributed by atoms with Crippen LogP contribution in [0.5, 0.6) is 0 Å². The van der Waals surface area contributed by atoms with Gasteiger partial charge >= 0.3 is 6.03 Å². The van der Waals surface area contributed by atoms with Gasteiger partial charge in [-0.05, 0) is 32.0 Å². The number of hydrogen-bond acceptors (Lipinski definition) is 5. The number of hydrogen-bond donors (Lipinski definition) is 1. The highest BCUT2D eigenvalue weighted by molar-refractivity contribution is 7.88. The van der Waals surface area contributed by atoms with E-state index in [2.05, 4.69) is 22.2 Å². The van der Waals surface area contributed by atoms with Gasteiger partial charge in [0.15, 0.2) is 0 Å². The number of amides is 2. The van der Waals surface area contributed by atoms with Gasteiger partial charge in [0.2, 0.25) is 10.0 Å². The molecule has 0 aliphatic carbocycles. The van der Waals surface area contributed by atoms with E-state index in [9.17, 15) is 13.2 Å². The Balaban J connectivity index is 1.31. The highest BCUT2D eigenvalue weighted by atomic mass is 32.2. The lowest BCUT2D eigenvalue weighted by Gasteiger charge is -2.34. The van der Waals surface area contributed by atoms with Crippen molar-refractivity contribution in [1.29, 1.82) is 0 Å². The topological polar surface area (TPSA) is 76.2 Å². The monoisotopic (exact) mass is 437 g/mol. The molecule has 9 heteroatoms. The smallest absolute Gasteiger partial charge is 0.317 e. The van der Waals surface area contributed by atoms with E-state index in [1.165, 1.54) is 4.31 Å². The van der Waals surface area contributed by atoms with Gasteiger partial charge in [-0.3, -0.25) is 0 Å². The van der Waals surface area contributed by atoms with Gasteiger partial charge < -0.3 is 20.0 Å². The van der Waals surface area contributed by atoms with Crippen LogP contribution in [0, 0.1) is 0 Å². The molecule has 8 nitrogen and oxygen atoms in total. The van der Waals surface area contributed by atoms with E-state index >= 15 is 0 Å². The second-order valence-corrected chi connectivity index (χ2v) is 10.2. The molecule has 0 aromatic heterocycles. The van der Waals surface area contributed by atoms with E-state index < -0.39 is 10.0 Å². The van der Waals surface area contributed by atoms with Crippen LogP contribution in [0.25, 0.3) is 0 Å². The highest BCUT2D eigenvalue weighted by Gasteiger charge is 2.28. The Morgan fingerprint density at radius 3 is 2.27 bits per heavy atom. The summed E-state index contributed by atoms with van der Waals surface area (Å²) in [4.78, 5) is 18.9. The lowest BCUT2D eigenvalue weighted by Crippen LogP contribution is -2.53. The Morgan fingerprint density at radius 2 is 1.60 bits per heavy atom. The number of carbonyl (C=O) groups is 1. The largest absolute Gasteiger partial charge is 0.338 e. The number of urea groups is 1. The Bertz CT molecular complexity index is 758. The number of benzene rings is 1. The van der Waals surface area contributed by atoms with Crippen molar-refractivity contribution in [2.24, 2.45) is 0 Å². The third-order valence-electron chi connectivity index (χ3n) is 5.88. The molecule has 2 heterocycles. The van der Waals surface area contributed by atoms with Crippen molar-refractivity contribution in [3.63, 3.8) is 0 Å². The maximum absolute atomic E-state index is 12.6. The lowest BCUT2D eigenvalue weighted by atomic mass is 10.2. The van der Waals surface area contributed by atoms with Crippen LogP contribution < -0.4 is 5.32 Å². The van der Waals surface area contributed by atoms with Crippen LogP contribution in [0.15, 0.2) is 30.3 Å². The first kappa shape index (κ1) is 23.0. The molecular formula is C21H35N5O3S. The second kappa shape index (κ2) is 11.1. The van der Waals surface area contributed by atoms with Gasteiger partial charge in [-0.15, -0.1) is 0 Å². The second-order valence-electron chi connectivity index (χ2n) is 8.21. The molecule has 3 rings (SSSR count). The zero-order valence-corrected chi connectivity index (χ0v) is 18.8. The Hall–Kier alpha value is -1.68.